The van der Waals surface area contributed by atoms with Crippen molar-refractivity contribution in [2.75, 3.05) is 6.54 Å². The Bertz CT molecular complexity index is 276. The molecule has 2 aliphatic carbocycles. The van der Waals surface area contributed by atoms with Crippen molar-refractivity contribution in [1.82, 2.24) is 4.90 Å². The molecule has 0 aromatic heterocycles. The van der Waals surface area contributed by atoms with Crippen LogP contribution in [0.3, 0.4) is 0 Å². The van der Waals surface area contributed by atoms with E-state index in [1.165, 1.54) is 38.5 Å². The summed E-state index contributed by atoms with van der Waals surface area (Å²) in [5.41, 5.74) is 0. The molecule has 0 saturated heterocycles. The average molecular weight is 253 g/mol. The van der Waals surface area contributed by atoms with Crippen LogP contribution >= 0.6 is 0 Å². The molecule has 0 heterocycles. The van der Waals surface area contributed by atoms with E-state index in [1.54, 1.807) is 0 Å². The van der Waals surface area contributed by atoms with Crippen LogP contribution in [0.15, 0.2) is 0 Å². The van der Waals surface area contributed by atoms with Crippen LogP contribution in [0, 0.1) is 5.92 Å². The van der Waals surface area contributed by atoms with E-state index in [0.29, 0.717) is 12.1 Å². The second kappa shape index (κ2) is 6.55. The Hall–Kier alpha value is -0.570. The normalized spacial score (nSPS) is 29.2. The Morgan fingerprint density at radius 3 is 2.50 bits per heavy atom. The van der Waals surface area contributed by atoms with E-state index in [2.05, 4.69) is 11.8 Å². The Balaban J connectivity index is 2.05. The molecule has 0 aromatic rings. The standard InChI is InChI=1S/C15H27NO2/c1-2-3-11-16(12-9-10-12)14-8-6-4-5-7-13(14)15(17)18/h12-14H,2-11H2,1H3,(H,17,18). The maximum absolute atomic E-state index is 11.5. The molecule has 2 unspecified atom stereocenters. The molecule has 0 spiro atoms. The zero-order valence-corrected chi connectivity index (χ0v) is 11.6. The summed E-state index contributed by atoms with van der Waals surface area (Å²) in [5.74, 6) is -0.686. The first-order chi connectivity index (χ1) is 8.74. The fourth-order valence-corrected chi connectivity index (χ4v) is 3.34. The second-order valence-electron chi connectivity index (χ2n) is 5.97. The Kier molecular flexibility index (Phi) is 5.04. The maximum Gasteiger partial charge on any atom is 0.308 e. The first-order valence-electron chi connectivity index (χ1n) is 7.72. The van der Waals surface area contributed by atoms with Gasteiger partial charge in [-0.1, -0.05) is 32.6 Å². The van der Waals surface area contributed by atoms with Crippen LogP contribution in [0.1, 0.15) is 64.7 Å². The minimum Gasteiger partial charge on any atom is -0.481 e. The van der Waals surface area contributed by atoms with Gasteiger partial charge in [-0.25, -0.2) is 0 Å². The number of carbonyl (C=O) groups is 1. The molecule has 18 heavy (non-hydrogen) atoms. The number of unbranched alkanes of at least 4 members (excludes halogenated alkanes) is 1. The molecule has 0 radical (unpaired) electrons. The molecule has 2 saturated carbocycles. The molecule has 2 atom stereocenters. The molecule has 104 valence electrons. The number of hydrogen-bond acceptors (Lipinski definition) is 2. The van der Waals surface area contributed by atoms with Crippen LogP contribution in [0.2, 0.25) is 0 Å². The monoisotopic (exact) mass is 253 g/mol. The minimum atomic E-state index is -0.566. The largest absolute Gasteiger partial charge is 0.481 e. The summed E-state index contributed by atoms with van der Waals surface area (Å²) in [4.78, 5) is 14.1. The third-order valence-corrected chi connectivity index (χ3v) is 4.51. The van der Waals surface area contributed by atoms with Crippen molar-refractivity contribution in [3.63, 3.8) is 0 Å². The minimum absolute atomic E-state index is 0.120. The van der Waals surface area contributed by atoms with Crippen LogP contribution in [0.25, 0.3) is 0 Å². The lowest BCUT2D eigenvalue weighted by atomic mass is 9.93. The zero-order valence-electron chi connectivity index (χ0n) is 11.6. The number of nitrogens with zero attached hydrogens (tertiary/aromatic N) is 1. The Morgan fingerprint density at radius 1 is 1.17 bits per heavy atom. The maximum atomic E-state index is 11.5. The lowest BCUT2D eigenvalue weighted by molar-refractivity contribution is -0.144. The van der Waals surface area contributed by atoms with Gasteiger partial charge in [0.05, 0.1) is 5.92 Å². The third-order valence-electron chi connectivity index (χ3n) is 4.51. The van der Waals surface area contributed by atoms with Crippen LogP contribution in [-0.4, -0.2) is 34.6 Å². The number of carboxylic acid groups (broad SMARTS) is 1. The van der Waals surface area contributed by atoms with Crippen LogP contribution in [0.5, 0.6) is 0 Å². The molecular formula is C15H27NO2. The van der Waals surface area contributed by atoms with Gasteiger partial charge in [0, 0.05) is 12.1 Å². The summed E-state index contributed by atoms with van der Waals surface area (Å²) in [6, 6.07) is 1.01. The van der Waals surface area contributed by atoms with Crippen molar-refractivity contribution < 1.29 is 9.90 Å². The molecule has 3 nitrogen and oxygen atoms in total. The molecular weight excluding hydrogens is 226 g/mol. The van der Waals surface area contributed by atoms with Gasteiger partial charge in [-0.2, -0.15) is 0 Å². The smallest absolute Gasteiger partial charge is 0.308 e. The molecule has 0 amide bonds. The summed E-state index contributed by atoms with van der Waals surface area (Å²) in [6.07, 6.45) is 10.5. The van der Waals surface area contributed by atoms with Gasteiger partial charge in [0.15, 0.2) is 0 Å². The fraction of sp³-hybridized carbons (Fsp3) is 0.933. The lowest BCUT2D eigenvalue weighted by Gasteiger charge is -2.34. The first-order valence-corrected chi connectivity index (χ1v) is 7.72. The number of carboxylic acids is 1. The molecule has 0 bridgehead atoms. The summed E-state index contributed by atoms with van der Waals surface area (Å²) in [5, 5.41) is 9.48. The summed E-state index contributed by atoms with van der Waals surface area (Å²) in [6.45, 7) is 3.32. The van der Waals surface area contributed by atoms with E-state index < -0.39 is 5.97 Å². The highest BCUT2D eigenvalue weighted by atomic mass is 16.4. The molecule has 2 fully saturated rings. The second-order valence-corrected chi connectivity index (χ2v) is 5.97. The van der Waals surface area contributed by atoms with Gasteiger partial charge in [0.25, 0.3) is 0 Å². The van der Waals surface area contributed by atoms with Gasteiger partial charge < -0.3 is 5.11 Å². The van der Waals surface area contributed by atoms with Crippen molar-refractivity contribution in [2.45, 2.75) is 76.8 Å². The van der Waals surface area contributed by atoms with E-state index in [0.717, 1.165) is 25.8 Å². The van der Waals surface area contributed by atoms with Crippen LogP contribution in [-0.2, 0) is 4.79 Å². The van der Waals surface area contributed by atoms with Crippen LogP contribution < -0.4 is 0 Å². The highest BCUT2D eigenvalue weighted by Crippen LogP contribution is 2.36. The van der Waals surface area contributed by atoms with Crippen molar-refractivity contribution in [3.8, 4) is 0 Å². The first kappa shape index (κ1) is 13.9. The predicted octanol–water partition coefficient (Wildman–Crippen LogP) is 3.28. The van der Waals surface area contributed by atoms with Gasteiger partial charge in [0.1, 0.15) is 0 Å². The van der Waals surface area contributed by atoms with Gasteiger partial charge in [-0.3, -0.25) is 9.69 Å². The number of aliphatic carboxylic acids is 1. The molecule has 1 N–H and O–H groups in total. The lowest BCUT2D eigenvalue weighted by Crippen LogP contribution is -2.45. The van der Waals surface area contributed by atoms with E-state index in [9.17, 15) is 9.90 Å². The third kappa shape index (κ3) is 3.47. The SMILES string of the molecule is CCCCN(C1CC1)C1CCCCCC1C(=O)O. The van der Waals surface area contributed by atoms with E-state index in [1.807, 2.05) is 0 Å². The summed E-state index contributed by atoms with van der Waals surface area (Å²) >= 11 is 0. The van der Waals surface area contributed by atoms with Gasteiger partial charge in [-0.05, 0) is 38.6 Å². The van der Waals surface area contributed by atoms with Crippen molar-refractivity contribution in [2.24, 2.45) is 5.92 Å². The van der Waals surface area contributed by atoms with Crippen molar-refractivity contribution >= 4 is 5.97 Å². The highest BCUT2D eigenvalue weighted by molar-refractivity contribution is 5.71. The molecule has 3 heteroatoms. The predicted molar refractivity (Wildman–Crippen MR) is 72.6 cm³/mol. The topological polar surface area (TPSA) is 40.5 Å². The Labute approximate surface area is 111 Å². The molecule has 2 rings (SSSR count). The molecule has 2 aliphatic rings. The van der Waals surface area contributed by atoms with Crippen molar-refractivity contribution in [3.05, 3.63) is 0 Å². The average Bonchev–Trinajstić information content (AvgIpc) is 3.15. The van der Waals surface area contributed by atoms with Crippen molar-refractivity contribution in [1.29, 1.82) is 0 Å². The van der Waals surface area contributed by atoms with Gasteiger partial charge in [0.2, 0.25) is 0 Å². The number of hydrogen-bond donors (Lipinski definition) is 1. The van der Waals surface area contributed by atoms with Gasteiger partial charge in [-0.15, -0.1) is 0 Å². The Morgan fingerprint density at radius 2 is 1.89 bits per heavy atom. The fourth-order valence-electron chi connectivity index (χ4n) is 3.34. The summed E-state index contributed by atoms with van der Waals surface area (Å²) in [7, 11) is 0. The van der Waals surface area contributed by atoms with E-state index in [4.69, 9.17) is 0 Å². The van der Waals surface area contributed by atoms with Gasteiger partial charge >= 0.3 is 5.97 Å². The van der Waals surface area contributed by atoms with E-state index >= 15 is 0 Å². The summed E-state index contributed by atoms with van der Waals surface area (Å²) < 4.78 is 0. The van der Waals surface area contributed by atoms with E-state index in [-0.39, 0.29) is 5.92 Å². The molecule has 0 aromatic carbocycles. The highest BCUT2D eigenvalue weighted by Gasteiger charge is 2.39. The zero-order chi connectivity index (χ0) is 13.0. The number of rotatable bonds is 6. The van der Waals surface area contributed by atoms with Crippen LogP contribution in [0.4, 0.5) is 0 Å². The quantitative estimate of drug-likeness (QED) is 0.738. The molecule has 0 aliphatic heterocycles.